The van der Waals surface area contributed by atoms with E-state index in [2.05, 4.69) is 0 Å². The first-order valence-electron chi connectivity index (χ1n) is 9.29. The van der Waals surface area contributed by atoms with Gasteiger partial charge in [0.15, 0.2) is 0 Å². The van der Waals surface area contributed by atoms with Crippen LogP contribution in [0.2, 0.25) is 10.0 Å². The Labute approximate surface area is 189 Å². The minimum absolute atomic E-state index is 0.220. The van der Waals surface area contributed by atoms with E-state index in [0.29, 0.717) is 15.0 Å². The normalized spacial score (nSPS) is 15.5. The van der Waals surface area contributed by atoms with Gasteiger partial charge in [-0.25, -0.2) is 0 Å². The molecule has 30 heavy (non-hydrogen) atoms. The van der Waals surface area contributed by atoms with E-state index in [1.165, 1.54) is 4.90 Å². The molecule has 4 nitrogen and oxygen atoms in total. The molecule has 1 aliphatic heterocycles. The molecular weight excluding hydrogens is 439 g/mol. The van der Waals surface area contributed by atoms with Crippen LogP contribution in [0, 0.1) is 13.8 Å². The average Bonchev–Trinajstić information content (AvgIpc) is 3.14. The zero-order chi connectivity index (χ0) is 21.4. The topological polar surface area (TPSA) is 42.3 Å². The number of hydrogen-bond acceptors (Lipinski definition) is 3. The molecule has 0 saturated carbocycles. The van der Waals surface area contributed by atoms with Crippen molar-refractivity contribution in [2.75, 3.05) is 0 Å². The van der Waals surface area contributed by atoms with Crippen molar-refractivity contribution in [3.05, 3.63) is 92.1 Å². The molecule has 0 atom stereocenters. The fraction of sp³-hybridized carbons (Fsp3) is 0.130. The van der Waals surface area contributed by atoms with Crippen LogP contribution in [-0.4, -0.2) is 20.6 Å². The fourth-order valence-corrected chi connectivity index (χ4v) is 4.66. The third kappa shape index (κ3) is 3.93. The first-order chi connectivity index (χ1) is 14.3. The highest BCUT2D eigenvalue weighted by Crippen LogP contribution is 2.35. The van der Waals surface area contributed by atoms with Gasteiger partial charge in [-0.2, -0.15) is 0 Å². The van der Waals surface area contributed by atoms with Gasteiger partial charge in [0.05, 0.1) is 22.2 Å². The van der Waals surface area contributed by atoms with Crippen LogP contribution in [0.25, 0.3) is 11.8 Å². The number of rotatable bonds is 4. The molecular formula is C23H18Cl2N2O2S. The molecule has 0 spiro atoms. The lowest BCUT2D eigenvalue weighted by Gasteiger charge is -2.12. The minimum atomic E-state index is -0.289. The predicted octanol–water partition coefficient (Wildman–Crippen LogP) is 6.64. The number of aryl methyl sites for hydroxylation is 1. The molecule has 2 aromatic carbocycles. The Morgan fingerprint density at radius 3 is 2.40 bits per heavy atom. The van der Waals surface area contributed by atoms with Crippen molar-refractivity contribution in [3.8, 4) is 5.69 Å². The van der Waals surface area contributed by atoms with Crippen molar-refractivity contribution >= 4 is 52.2 Å². The zero-order valence-electron chi connectivity index (χ0n) is 16.4. The van der Waals surface area contributed by atoms with Crippen LogP contribution >= 0.6 is 35.0 Å². The number of benzene rings is 2. The largest absolute Gasteiger partial charge is 0.316 e. The van der Waals surface area contributed by atoms with E-state index < -0.39 is 0 Å². The van der Waals surface area contributed by atoms with E-state index in [1.54, 1.807) is 18.2 Å². The maximum Gasteiger partial charge on any atom is 0.293 e. The van der Waals surface area contributed by atoms with E-state index in [9.17, 15) is 9.59 Å². The second kappa shape index (κ2) is 8.34. The first-order valence-corrected chi connectivity index (χ1v) is 10.9. The van der Waals surface area contributed by atoms with Crippen molar-refractivity contribution in [1.29, 1.82) is 0 Å². The van der Waals surface area contributed by atoms with E-state index >= 15 is 0 Å². The van der Waals surface area contributed by atoms with Crippen LogP contribution in [0.3, 0.4) is 0 Å². The summed E-state index contributed by atoms with van der Waals surface area (Å²) in [6, 6.07) is 16.7. The summed E-state index contributed by atoms with van der Waals surface area (Å²) in [5.74, 6) is -0.289. The maximum absolute atomic E-state index is 12.9. The maximum atomic E-state index is 12.9. The van der Waals surface area contributed by atoms with Gasteiger partial charge in [-0.1, -0.05) is 47.5 Å². The monoisotopic (exact) mass is 456 g/mol. The SMILES string of the molecule is Cc1cc(/C=C2/SC(=O)N(Cc3ccc(Cl)cc3)C2=O)c(C)n1-c1ccccc1Cl. The molecule has 0 N–H and O–H groups in total. The lowest BCUT2D eigenvalue weighted by atomic mass is 10.2. The summed E-state index contributed by atoms with van der Waals surface area (Å²) in [4.78, 5) is 27.0. The number of hydrogen-bond donors (Lipinski definition) is 0. The van der Waals surface area contributed by atoms with Crippen molar-refractivity contribution in [2.24, 2.45) is 0 Å². The molecule has 1 aromatic heterocycles. The van der Waals surface area contributed by atoms with Crippen LogP contribution in [0.1, 0.15) is 22.5 Å². The van der Waals surface area contributed by atoms with Gasteiger partial charge in [-0.3, -0.25) is 14.5 Å². The van der Waals surface area contributed by atoms with Gasteiger partial charge in [-0.15, -0.1) is 0 Å². The van der Waals surface area contributed by atoms with Gasteiger partial charge >= 0.3 is 0 Å². The molecule has 0 aliphatic carbocycles. The van der Waals surface area contributed by atoms with Crippen molar-refractivity contribution in [1.82, 2.24) is 9.47 Å². The molecule has 152 valence electrons. The predicted molar refractivity (Wildman–Crippen MR) is 123 cm³/mol. The summed E-state index contributed by atoms with van der Waals surface area (Å²) in [5, 5.41) is 0.983. The van der Waals surface area contributed by atoms with Gasteiger partial charge in [0.1, 0.15) is 0 Å². The highest BCUT2D eigenvalue weighted by Gasteiger charge is 2.35. The number of nitrogens with zero attached hydrogens (tertiary/aromatic N) is 2. The molecule has 1 fully saturated rings. The number of amides is 2. The summed E-state index contributed by atoms with van der Waals surface area (Å²) in [7, 11) is 0. The van der Waals surface area contributed by atoms with E-state index in [-0.39, 0.29) is 17.7 Å². The minimum Gasteiger partial charge on any atom is -0.316 e. The number of aromatic nitrogens is 1. The van der Waals surface area contributed by atoms with E-state index in [1.807, 2.05) is 60.9 Å². The molecule has 3 aromatic rings. The summed E-state index contributed by atoms with van der Waals surface area (Å²) in [5.41, 5.74) is 4.55. The van der Waals surface area contributed by atoms with Crippen LogP contribution in [0.4, 0.5) is 4.79 Å². The molecule has 0 unspecified atom stereocenters. The number of para-hydroxylation sites is 1. The van der Waals surface area contributed by atoms with Crippen LogP contribution in [0.15, 0.2) is 59.5 Å². The Kier molecular flexibility index (Phi) is 5.78. The van der Waals surface area contributed by atoms with Crippen molar-refractivity contribution < 1.29 is 9.59 Å². The quantitative estimate of drug-likeness (QED) is 0.413. The molecule has 4 rings (SSSR count). The molecule has 2 heterocycles. The molecule has 7 heteroatoms. The highest BCUT2D eigenvalue weighted by atomic mass is 35.5. The number of imide groups is 1. The van der Waals surface area contributed by atoms with Gasteiger partial charge in [0, 0.05) is 16.4 Å². The Morgan fingerprint density at radius 2 is 1.70 bits per heavy atom. The lowest BCUT2D eigenvalue weighted by molar-refractivity contribution is -0.123. The van der Waals surface area contributed by atoms with Crippen LogP contribution in [0.5, 0.6) is 0 Å². The number of carbonyl (C=O) groups excluding carboxylic acids is 2. The standard InChI is InChI=1S/C23H18Cl2N2O2S/c1-14-11-17(15(2)27(14)20-6-4-3-5-19(20)25)12-21-22(28)26(23(29)30-21)13-16-7-9-18(24)10-8-16/h3-12H,13H2,1-2H3/b21-12+. The highest BCUT2D eigenvalue weighted by molar-refractivity contribution is 8.18. The lowest BCUT2D eigenvalue weighted by Crippen LogP contribution is -2.27. The van der Waals surface area contributed by atoms with E-state index in [4.69, 9.17) is 23.2 Å². The number of thioether (sulfide) groups is 1. The fourth-order valence-electron chi connectivity index (χ4n) is 3.49. The van der Waals surface area contributed by atoms with Crippen LogP contribution < -0.4 is 0 Å². The second-order valence-corrected chi connectivity index (χ2v) is 8.84. The van der Waals surface area contributed by atoms with E-state index in [0.717, 1.165) is 40.0 Å². The first kappa shape index (κ1) is 20.8. The second-order valence-electron chi connectivity index (χ2n) is 7.01. The Morgan fingerprint density at radius 1 is 1.00 bits per heavy atom. The van der Waals surface area contributed by atoms with Gasteiger partial charge < -0.3 is 4.57 Å². The van der Waals surface area contributed by atoms with Gasteiger partial charge in [0.2, 0.25) is 0 Å². The summed E-state index contributed by atoms with van der Waals surface area (Å²) < 4.78 is 2.05. The number of halogens is 2. The van der Waals surface area contributed by atoms with Crippen molar-refractivity contribution in [2.45, 2.75) is 20.4 Å². The Bertz CT molecular complexity index is 1180. The molecule has 0 bridgehead atoms. The average molecular weight is 457 g/mol. The zero-order valence-corrected chi connectivity index (χ0v) is 18.7. The van der Waals surface area contributed by atoms with Gasteiger partial charge in [0.25, 0.3) is 11.1 Å². The molecule has 1 aliphatic rings. The summed E-state index contributed by atoms with van der Waals surface area (Å²) >= 11 is 13.2. The van der Waals surface area contributed by atoms with Crippen molar-refractivity contribution in [3.63, 3.8) is 0 Å². The Balaban J connectivity index is 1.63. The summed E-state index contributed by atoms with van der Waals surface area (Å²) in [6.07, 6.45) is 1.78. The Hall–Kier alpha value is -2.47. The molecule has 1 saturated heterocycles. The molecule has 2 amide bonds. The third-order valence-corrected chi connectivity index (χ3v) is 6.46. The number of carbonyl (C=O) groups is 2. The van der Waals surface area contributed by atoms with Crippen LogP contribution in [-0.2, 0) is 11.3 Å². The molecule has 0 radical (unpaired) electrons. The smallest absolute Gasteiger partial charge is 0.293 e. The van der Waals surface area contributed by atoms with Gasteiger partial charge in [-0.05, 0) is 73.1 Å². The summed E-state index contributed by atoms with van der Waals surface area (Å²) in [6.45, 7) is 4.18. The third-order valence-electron chi connectivity index (χ3n) is 4.98.